The topological polar surface area (TPSA) is 105 Å². The van der Waals surface area contributed by atoms with Crippen LogP contribution < -0.4 is 0 Å². The molecule has 0 aromatic heterocycles. The van der Waals surface area contributed by atoms with Crippen molar-refractivity contribution < 1.29 is 38.1 Å². The first-order valence-corrected chi connectivity index (χ1v) is 7.39. The minimum atomic E-state index is -0.580. The van der Waals surface area contributed by atoms with Crippen molar-refractivity contribution in [2.45, 2.75) is 25.7 Å². The third-order valence-electron chi connectivity index (χ3n) is 2.53. The fourth-order valence-electron chi connectivity index (χ4n) is 1.40. The van der Waals surface area contributed by atoms with Crippen LogP contribution in [0.1, 0.15) is 25.7 Å². The first-order valence-electron chi connectivity index (χ1n) is 7.39. The van der Waals surface area contributed by atoms with E-state index < -0.39 is 23.9 Å². The fraction of sp³-hybridized carbons (Fsp3) is 0.500. The average Bonchev–Trinajstić information content (AvgIpc) is 2.58. The highest BCUT2D eigenvalue weighted by Crippen LogP contribution is 2.03. The van der Waals surface area contributed by atoms with Crippen LogP contribution in [0.25, 0.3) is 0 Å². The molecule has 0 unspecified atom stereocenters. The number of hydrogen-bond acceptors (Lipinski definition) is 8. The second-order valence-corrected chi connectivity index (χ2v) is 4.39. The van der Waals surface area contributed by atoms with Crippen LogP contribution in [0.5, 0.6) is 0 Å². The molecule has 134 valence electrons. The predicted molar refractivity (Wildman–Crippen MR) is 82.7 cm³/mol. The van der Waals surface area contributed by atoms with Gasteiger partial charge in [0.25, 0.3) is 0 Å². The molecule has 0 rings (SSSR count). The van der Waals surface area contributed by atoms with Crippen molar-refractivity contribution in [1.29, 1.82) is 0 Å². The monoisotopic (exact) mass is 342 g/mol. The second-order valence-electron chi connectivity index (χ2n) is 4.39. The Balaban J connectivity index is 3.50. The zero-order chi connectivity index (χ0) is 18.2. The summed E-state index contributed by atoms with van der Waals surface area (Å²) in [5, 5.41) is 0. The zero-order valence-corrected chi connectivity index (χ0v) is 13.5. The molecule has 0 aliphatic rings. The first-order chi connectivity index (χ1) is 11.5. The van der Waals surface area contributed by atoms with Gasteiger partial charge < -0.3 is 18.9 Å². The van der Waals surface area contributed by atoms with Crippen molar-refractivity contribution in [2.75, 3.05) is 26.4 Å². The zero-order valence-electron chi connectivity index (χ0n) is 13.5. The SMILES string of the molecule is C=CC(=O)OCCOC(=O)CCCCC(=O)OCCOC(=O)C=C. The van der Waals surface area contributed by atoms with Crippen LogP contribution in [-0.4, -0.2) is 50.3 Å². The maximum absolute atomic E-state index is 11.3. The van der Waals surface area contributed by atoms with Gasteiger partial charge in [0.05, 0.1) is 0 Å². The van der Waals surface area contributed by atoms with E-state index in [0.29, 0.717) is 12.8 Å². The summed E-state index contributed by atoms with van der Waals surface area (Å²) in [4.78, 5) is 44.1. The maximum Gasteiger partial charge on any atom is 0.330 e. The van der Waals surface area contributed by atoms with Gasteiger partial charge in [-0.2, -0.15) is 0 Å². The molecule has 0 amide bonds. The summed E-state index contributed by atoms with van der Waals surface area (Å²) in [6.07, 6.45) is 3.27. The van der Waals surface area contributed by atoms with Crippen LogP contribution in [0.2, 0.25) is 0 Å². The molecule has 8 nitrogen and oxygen atoms in total. The minimum absolute atomic E-state index is 0.0239. The van der Waals surface area contributed by atoms with Crippen molar-refractivity contribution >= 4 is 23.9 Å². The van der Waals surface area contributed by atoms with Gasteiger partial charge in [0.2, 0.25) is 0 Å². The predicted octanol–water partition coefficient (Wildman–Crippen LogP) is 1.09. The molecule has 0 saturated heterocycles. The van der Waals surface area contributed by atoms with Gasteiger partial charge in [0, 0.05) is 25.0 Å². The van der Waals surface area contributed by atoms with Crippen LogP contribution in [-0.2, 0) is 38.1 Å². The summed E-state index contributed by atoms with van der Waals surface area (Å²) in [5.41, 5.74) is 0. The quantitative estimate of drug-likeness (QED) is 0.212. The third-order valence-corrected chi connectivity index (χ3v) is 2.53. The van der Waals surface area contributed by atoms with Gasteiger partial charge in [-0.15, -0.1) is 0 Å². The maximum atomic E-state index is 11.3. The summed E-state index contributed by atoms with van der Waals surface area (Å²) in [6, 6.07) is 0. The Bertz CT molecular complexity index is 413. The van der Waals surface area contributed by atoms with Crippen LogP contribution in [0, 0.1) is 0 Å². The first kappa shape index (κ1) is 21.4. The van der Waals surface area contributed by atoms with Crippen molar-refractivity contribution in [3.8, 4) is 0 Å². The molecule has 8 heteroatoms. The van der Waals surface area contributed by atoms with E-state index in [1.54, 1.807) is 0 Å². The second kappa shape index (κ2) is 14.0. The molecular formula is C16H22O8. The van der Waals surface area contributed by atoms with Gasteiger partial charge in [-0.05, 0) is 12.8 Å². The molecule has 0 bridgehead atoms. The molecular weight excluding hydrogens is 320 g/mol. The Morgan fingerprint density at radius 3 is 1.29 bits per heavy atom. The van der Waals surface area contributed by atoms with Crippen LogP contribution in [0.3, 0.4) is 0 Å². The lowest BCUT2D eigenvalue weighted by molar-refractivity contribution is -0.150. The summed E-state index contributed by atoms with van der Waals surface area (Å²) >= 11 is 0. The Labute approximate surface area is 140 Å². The fourth-order valence-corrected chi connectivity index (χ4v) is 1.40. The molecule has 0 radical (unpaired) electrons. The van der Waals surface area contributed by atoms with E-state index in [4.69, 9.17) is 9.47 Å². The average molecular weight is 342 g/mol. The number of unbranched alkanes of at least 4 members (excludes halogenated alkanes) is 1. The number of rotatable bonds is 13. The Kier molecular flexibility index (Phi) is 12.4. The lowest BCUT2D eigenvalue weighted by Crippen LogP contribution is -2.13. The van der Waals surface area contributed by atoms with Crippen molar-refractivity contribution in [2.24, 2.45) is 0 Å². The Hall–Kier alpha value is -2.64. The summed E-state index contributed by atoms with van der Waals surface area (Å²) < 4.78 is 18.9. The molecule has 0 N–H and O–H groups in total. The third kappa shape index (κ3) is 13.1. The van der Waals surface area contributed by atoms with E-state index in [1.165, 1.54) is 0 Å². The Morgan fingerprint density at radius 2 is 0.958 bits per heavy atom. The molecule has 0 saturated carbocycles. The van der Waals surface area contributed by atoms with Crippen molar-refractivity contribution in [3.05, 3.63) is 25.3 Å². The van der Waals surface area contributed by atoms with E-state index in [2.05, 4.69) is 22.6 Å². The van der Waals surface area contributed by atoms with Gasteiger partial charge in [0.1, 0.15) is 26.4 Å². The van der Waals surface area contributed by atoms with Crippen molar-refractivity contribution in [1.82, 2.24) is 0 Å². The number of carbonyl (C=O) groups is 4. The van der Waals surface area contributed by atoms with E-state index in [1.807, 2.05) is 0 Å². The van der Waals surface area contributed by atoms with Gasteiger partial charge in [-0.25, -0.2) is 9.59 Å². The van der Waals surface area contributed by atoms with E-state index in [0.717, 1.165) is 12.2 Å². The standard InChI is InChI=1S/C16H22O8/c1-3-13(17)21-9-11-23-15(19)7-5-6-8-16(20)24-12-10-22-14(18)4-2/h3-4H,1-2,5-12H2. The molecule has 0 aliphatic carbocycles. The molecule has 0 fully saturated rings. The lowest BCUT2D eigenvalue weighted by atomic mass is 10.2. The summed E-state index contributed by atoms with van der Waals surface area (Å²) in [5.74, 6) is -2.03. The normalized spacial score (nSPS) is 9.50. The molecule has 0 atom stereocenters. The van der Waals surface area contributed by atoms with Crippen molar-refractivity contribution in [3.63, 3.8) is 0 Å². The van der Waals surface area contributed by atoms with Gasteiger partial charge >= 0.3 is 23.9 Å². The number of hydrogen-bond donors (Lipinski definition) is 0. The highest BCUT2D eigenvalue weighted by Gasteiger charge is 2.07. The van der Waals surface area contributed by atoms with Crippen LogP contribution >= 0.6 is 0 Å². The molecule has 0 aliphatic heterocycles. The van der Waals surface area contributed by atoms with E-state index in [-0.39, 0.29) is 39.3 Å². The van der Waals surface area contributed by atoms with Gasteiger partial charge in [-0.1, -0.05) is 13.2 Å². The molecule has 0 aromatic carbocycles. The number of carbonyl (C=O) groups excluding carboxylic acids is 4. The van der Waals surface area contributed by atoms with Gasteiger partial charge in [0.15, 0.2) is 0 Å². The van der Waals surface area contributed by atoms with E-state index in [9.17, 15) is 19.2 Å². The largest absolute Gasteiger partial charge is 0.462 e. The van der Waals surface area contributed by atoms with Crippen LogP contribution in [0.15, 0.2) is 25.3 Å². The summed E-state index contributed by atoms with van der Waals surface area (Å²) in [6.45, 7) is 6.35. The molecule has 24 heavy (non-hydrogen) atoms. The highest BCUT2D eigenvalue weighted by molar-refractivity contribution is 5.81. The molecule has 0 heterocycles. The number of ether oxygens (including phenoxy) is 4. The minimum Gasteiger partial charge on any atom is -0.462 e. The highest BCUT2D eigenvalue weighted by atomic mass is 16.6. The Morgan fingerprint density at radius 1 is 0.625 bits per heavy atom. The number of esters is 4. The lowest BCUT2D eigenvalue weighted by Gasteiger charge is -2.06. The van der Waals surface area contributed by atoms with Crippen LogP contribution in [0.4, 0.5) is 0 Å². The van der Waals surface area contributed by atoms with Gasteiger partial charge in [-0.3, -0.25) is 9.59 Å². The van der Waals surface area contributed by atoms with E-state index >= 15 is 0 Å². The summed E-state index contributed by atoms with van der Waals surface area (Å²) in [7, 11) is 0. The molecule has 0 aromatic rings. The molecule has 0 spiro atoms. The smallest absolute Gasteiger partial charge is 0.330 e.